The molecular formula is C13H15N2O. The zero-order valence-corrected chi connectivity index (χ0v) is 9.60. The molecule has 0 aliphatic carbocycles. The van der Waals surface area contributed by atoms with Gasteiger partial charge in [-0.05, 0) is 44.7 Å². The molecule has 0 saturated heterocycles. The van der Waals surface area contributed by atoms with Crippen molar-refractivity contribution in [2.24, 2.45) is 0 Å². The molecule has 1 radical (unpaired) electrons. The number of pyridine rings is 1. The largest absolute Gasteiger partial charge is 0.361 e. The highest BCUT2D eigenvalue weighted by atomic mass is 16.5. The topological polar surface area (TPSA) is 38.9 Å². The molecule has 0 aliphatic rings. The minimum atomic E-state index is 0.899. The molecule has 2 aromatic rings. The van der Waals surface area contributed by atoms with E-state index < -0.39 is 0 Å². The van der Waals surface area contributed by atoms with Gasteiger partial charge in [0.1, 0.15) is 5.76 Å². The van der Waals surface area contributed by atoms with Crippen molar-refractivity contribution in [1.82, 2.24) is 10.1 Å². The van der Waals surface area contributed by atoms with Crippen molar-refractivity contribution in [3.05, 3.63) is 53.5 Å². The maximum absolute atomic E-state index is 5.12. The molecule has 2 rings (SSSR count). The molecule has 0 atom stereocenters. The molecule has 0 aliphatic heterocycles. The fourth-order valence-corrected chi connectivity index (χ4v) is 1.70. The number of aryl methyl sites for hydroxylation is 2. The second-order valence-corrected chi connectivity index (χ2v) is 3.86. The molecular weight excluding hydrogens is 200 g/mol. The van der Waals surface area contributed by atoms with Gasteiger partial charge in [0.05, 0.1) is 5.69 Å². The van der Waals surface area contributed by atoms with E-state index in [4.69, 9.17) is 4.52 Å². The van der Waals surface area contributed by atoms with Crippen molar-refractivity contribution >= 4 is 0 Å². The van der Waals surface area contributed by atoms with E-state index in [1.165, 1.54) is 11.1 Å². The monoisotopic (exact) mass is 215 g/mol. The smallest absolute Gasteiger partial charge is 0.137 e. The molecule has 2 heterocycles. The Morgan fingerprint density at radius 1 is 1.31 bits per heavy atom. The maximum atomic E-state index is 5.12. The SMILES string of the molecule is Cc1noc(C)c1C[CH]Cc1cccnc1. The van der Waals surface area contributed by atoms with Crippen molar-refractivity contribution < 1.29 is 4.52 Å². The van der Waals surface area contributed by atoms with Crippen LogP contribution in [-0.2, 0) is 12.8 Å². The third-order valence-corrected chi connectivity index (χ3v) is 2.63. The summed E-state index contributed by atoms with van der Waals surface area (Å²) in [5.74, 6) is 0.917. The number of hydrogen-bond donors (Lipinski definition) is 0. The predicted octanol–water partition coefficient (Wildman–Crippen LogP) is 2.68. The minimum absolute atomic E-state index is 0.899. The summed E-state index contributed by atoms with van der Waals surface area (Å²) in [6, 6.07) is 4.04. The molecule has 0 saturated carbocycles. The predicted molar refractivity (Wildman–Crippen MR) is 61.9 cm³/mol. The summed E-state index contributed by atoms with van der Waals surface area (Å²) in [6.45, 7) is 3.93. The van der Waals surface area contributed by atoms with Gasteiger partial charge in [0, 0.05) is 18.0 Å². The second-order valence-electron chi connectivity index (χ2n) is 3.86. The summed E-state index contributed by atoms with van der Waals surface area (Å²) in [5, 5.41) is 3.93. The van der Waals surface area contributed by atoms with Gasteiger partial charge in [-0.25, -0.2) is 0 Å². The van der Waals surface area contributed by atoms with Crippen molar-refractivity contribution in [3.63, 3.8) is 0 Å². The molecule has 16 heavy (non-hydrogen) atoms. The van der Waals surface area contributed by atoms with Gasteiger partial charge in [-0.3, -0.25) is 4.98 Å². The van der Waals surface area contributed by atoms with Crippen molar-refractivity contribution in [2.45, 2.75) is 26.7 Å². The lowest BCUT2D eigenvalue weighted by Crippen LogP contribution is -1.93. The van der Waals surface area contributed by atoms with E-state index in [-0.39, 0.29) is 0 Å². The summed E-state index contributed by atoms with van der Waals surface area (Å²) < 4.78 is 5.12. The standard InChI is InChI=1S/C13H15N2O/c1-10-13(11(2)16-15-10)7-3-5-12-6-4-8-14-9-12/h3-4,6,8-9H,5,7H2,1-2H3. The van der Waals surface area contributed by atoms with Crippen LogP contribution in [0.3, 0.4) is 0 Å². The Kier molecular flexibility index (Phi) is 3.34. The third kappa shape index (κ3) is 2.48. The molecule has 3 heteroatoms. The van der Waals surface area contributed by atoms with E-state index in [2.05, 4.69) is 22.6 Å². The van der Waals surface area contributed by atoms with Crippen LogP contribution >= 0.6 is 0 Å². The van der Waals surface area contributed by atoms with Crippen molar-refractivity contribution in [1.29, 1.82) is 0 Å². The van der Waals surface area contributed by atoms with E-state index >= 15 is 0 Å². The van der Waals surface area contributed by atoms with Crippen LogP contribution in [-0.4, -0.2) is 10.1 Å². The first-order valence-corrected chi connectivity index (χ1v) is 5.39. The van der Waals surface area contributed by atoms with Crippen LogP contribution in [0.4, 0.5) is 0 Å². The van der Waals surface area contributed by atoms with Gasteiger partial charge in [-0.15, -0.1) is 0 Å². The number of aromatic nitrogens is 2. The molecule has 0 amide bonds. The number of hydrogen-bond acceptors (Lipinski definition) is 3. The zero-order chi connectivity index (χ0) is 11.4. The minimum Gasteiger partial charge on any atom is -0.361 e. The Labute approximate surface area is 95.5 Å². The molecule has 0 bridgehead atoms. The van der Waals surface area contributed by atoms with Crippen LogP contribution in [0, 0.1) is 20.3 Å². The van der Waals surface area contributed by atoms with E-state index in [0.29, 0.717) is 0 Å². The first kappa shape index (κ1) is 10.9. The number of rotatable bonds is 4. The van der Waals surface area contributed by atoms with Crippen LogP contribution < -0.4 is 0 Å². The van der Waals surface area contributed by atoms with E-state index in [1.54, 1.807) is 6.20 Å². The Hall–Kier alpha value is -1.64. The lowest BCUT2D eigenvalue weighted by molar-refractivity contribution is 0.392. The molecule has 0 spiro atoms. The average Bonchev–Trinajstić information content (AvgIpc) is 2.62. The lowest BCUT2D eigenvalue weighted by Gasteiger charge is -2.00. The normalized spacial score (nSPS) is 10.6. The van der Waals surface area contributed by atoms with E-state index in [1.807, 2.05) is 26.1 Å². The van der Waals surface area contributed by atoms with Gasteiger partial charge >= 0.3 is 0 Å². The molecule has 0 aromatic carbocycles. The Bertz CT molecular complexity index is 429. The van der Waals surface area contributed by atoms with Gasteiger partial charge in [-0.2, -0.15) is 0 Å². The highest BCUT2D eigenvalue weighted by Gasteiger charge is 2.08. The summed E-state index contributed by atoms with van der Waals surface area (Å²) in [4.78, 5) is 4.08. The van der Waals surface area contributed by atoms with Crippen LogP contribution in [0.5, 0.6) is 0 Å². The highest BCUT2D eigenvalue weighted by molar-refractivity contribution is 5.23. The van der Waals surface area contributed by atoms with Crippen molar-refractivity contribution in [2.75, 3.05) is 0 Å². The van der Waals surface area contributed by atoms with Gasteiger partial charge in [-0.1, -0.05) is 11.2 Å². The summed E-state index contributed by atoms with van der Waals surface area (Å²) >= 11 is 0. The first-order valence-electron chi connectivity index (χ1n) is 5.39. The zero-order valence-electron chi connectivity index (χ0n) is 9.60. The van der Waals surface area contributed by atoms with Gasteiger partial charge in [0.2, 0.25) is 0 Å². The van der Waals surface area contributed by atoms with Crippen molar-refractivity contribution in [3.8, 4) is 0 Å². The fraction of sp³-hybridized carbons (Fsp3) is 0.308. The summed E-state index contributed by atoms with van der Waals surface area (Å²) in [7, 11) is 0. The average molecular weight is 215 g/mol. The molecule has 2 aromatic heterocycles. The quantitative estimate of drug-likeness (QED) is 0.787. The molecule has 0 fully saturated rings. The molecule has 0 N–H and O–H groups in total. The lowest BCUT2D eigenvalue weighted by atomic mass is 10.0. The summed E-state index contributed by atoms with van der Waals surface area (Å²) in [6.07, 6.45) is 7.74. The van der Waals surface area contributed by atoms with Crippen LogP contribution in [0.25, 0.3) is 0 Å². The van der Waals surface area contributed by atoms with Crippen LogP contribution in [0.2, 0.25) is 0 Å². The van der Waals surface area contributed by atoms with Crippen LogP contribution in [0.15, 0.2) is 29.0 Å². The summed E-state index contributed by atoms with van der Waals surface area (Å²) in [5.41, 5.74) is 3.41. The first-order chi connectivity index (χ1) is 7.77. The highest BCUT2D eigenvalue weighted by Crippen LogP contribution is 2.15. The Morgan fingerprint density at radius 2 is 2.19 bits per heavy atom. The Morgan fingerprint density at radius 3 is 2.81 bits per heavy atom. The molecule has 83 valence electrons. The van der Waals surface area contributed by atoms with Gasteiger partial charge in [0.25, 0.3) is 0 Å². The fourth-order valence-electron chi connectivity index (χ4n) is 1.70. The second kappa shape index (κ2) is 4.92. The van der Waals surface area contributed by atoms with Gasteiger partial charge in [0.15, 0.2) is 0 Å². The Balaban J connectivity index is 1.89. The molecule has 0 unspecified atom stereocenters. The van der Waals surface area contributed by atoms with Gasteiger partial charge < -0.3 is 4.52 Å². The van der Waals surface area contributed by atoms with Crippen LogP contribution in [0.1, 0.15) is 22.6 Å². The third-order valence-electron chi connectivity index (χ3n) is 2.63. The van der Waals surface area contributed by atoms with E-state index in [9.17, 15) is 0 Å². The molecule has 3 nitrogen and oxygen atoms in total. The maximum Gasteiger partial charge on any atom is 0.137 e. The number of nitrogens with zero attached hydrogens (tertiary/aromatic N) is 2. The van der Waals surface area contributed by atoms with E-state index in [0.717, 1.165) is 24.3 Å².